The number of thiazole rings is 1. The summed E-state index contributed by atoms with van der Waals surface area (Å²) in [5.41, 5.74) is 2.75. The van der Waals surface area contributed by atoms with Crippen molar-refractivity contribution in [1.82, 2.24) is 14.5 Å². The van der Waals surface area contributed by atoms with Gasteiger partial charge in [0.15, 0.2) is 5.13 Å². The fourth-order valence-corrected chi connectivity index (χ4v) is 5.83. The number of nitrogens with zero attached hydrogens (tertiary/aromatic N) is 4. The SMILES string of the molecule is CC(C)c1ccc(NC(=O)Cn2c(=O)nc(-c3cccs3)c3nc(N4CCCC4)sc32)cc1. The van der Waals surface area contributed by atoms with Gasteiger partial charge in [0.05, 0.1) is 4.88 Å². The molecule has 3 aromatic heterocycles. The third-order valence-corrected chi connectivity index (χ3v) is 7.82. The molecular formula is C24H25N5O2S2. The smallest absolute Gasteiger partial charge is 0.348 e. The van der Waals surface area contributed by atoms with Crippen LogP contribution in [0.3, 0.4) is 0 Å². The number of benzene rings is 1. The Morgan fingerprint density at radius 1 is 1.12 bits per heavy atom. The van der Waals surface area contributed by atoms with E-state index in [-0.39, 0.29) is 12.5 Å². The second-order valence-corrected chi connectivity index (χ2v) is 10.4. The van der Waals surface area contributed by atoms with Crippen LogP contribution in [0.5, 0.6) is 0 Å². The van der Waals surface area contributed by atoms with Gasteiger partial charge in [-0.3, -0.25) is 9.36 Å². The minimum absolute atomic E-state index is 0.110. The van der Waals surface area contributed by atoms with E-state index in [1.807, 2.05) is 41.8 Å². The third kappa shape index (κ3) is 4.43. The predicted octanol–water partition coefficient (Wildman–Crippen LogP) is 4.94. The maximum atomic E-state index is 13.0. The molecule has 9 heteroatoms. The van der Waals surface area contributed by atoms with Gasteiger partial charge in [0.2, 0.25) is 5.91 Å². The fraction of sp³-hybridized carbons (Fsp3) is 0.333. The number of thiophene rings is 1. The van der Waals surface area contributed by atoms with E-state index in [9.17, 15) is 9.59 Å². The first kappa shape index (κ1) is 21.8. The Hall–Kier alpha value is -3.04. The molecule has 0 unspecified atom stereocenters. The van der Waals surface area contributed by atoms with Gasteiger partial charge in [0.1, 0.15) is 22.6 Å². The summed E-state index contributed by atoms with van der Waals surface area (Å²) in [4.78, 5) is 38.9. The molecule has 1 N–H and O–H groups in total. The number of amides is 1. The van der Waals surface area contributed by atoms with Crippen LogP contribution in [0.1, 0.15) is 38.2 Å². The van der Waals surface area contributed by atoms with Gasteiger partial charge < -0.3 is 10.2 Å². The molecule has 170 valence electrons. The van der Waals surface area contributed by atoms with Crippen molar-refractivity contribution in [3.8, 4) is 10.6 Å². The summed E-state index contributed by atoms with van der Waals surface area (Å²) in [5, 5.41) is 5.74. The summed E-state index contributed by atoms with van der Waals surface area (Å²) >= 11 is 2.99. The van der Waals surface area contributed by atoms with E-state index in [1.165, 1.54) is 32.8 Å². The summed E-state index contributed by atoms with van der Waals surface area (Å²) in [6.45, 7) is 6.06. The molecule has 0 bridgehead atoms. The molecule has 1 aromatic carbocycles. The van der Waals surface area contributed by atoms with Crippen molar-refractivity contribution in [1.29, 1.82) is 0 Å². The number of nitrogens with one attached hydrogen (secondary N) is 1. The lowest BCUT2D eigenvalue weighted by molar-refractivity contribution is -0.116. The Balaban J connectivity index is 1.49. The van der Waals surface area contributed by atoms with Crippen molar-refractivity contribution in [2.24, 2.45) is 0 Å². The molecule has 5 rings (SSSR count). The minimum atomic E-state index is -0.437. The summed E-state index contributed by atoms with van der Waals surface area (Å²) in [6, 6.07) is 11.7. The Labute approximate surface area is 199 Å². The molecule has 0 atom stereocenters. The molecule has 1 aliphatic heterocycles. The largest absolute Gasteiger partial charge is 0.349 e. The number of hydrogen-bond acceptors (Lipinski definition) is 7. The van der Waals surface area contributed by atoms with E-state index in [0.29, 0.717) is 27.6 Å². The lowest BCUT2D eigenvalue weighted by Crippen LogP contribution is -2.29. The number of hydrogen-bond donors (Lipinski definition) is 1. The second-order valence-electron chi connectivity index (χ2n) is 8.48. The van der Waals surface area contributed by atoms with Crippen molar-refractivity contribution in [2.45, 2.75) is 39.2 Å². The van der Waals surface area contributed by atoms with Crippen LogP contribution in [0, 0.1) is 0 Å². The molecule has 33 heavy (non-hydrogen) atoms. The summed E-state index contributed by atoms with van der Waals surface area (Å²) in [5.74, 6) is 0.156. The highest BCUT2D eigenvalue weighted by Crippen LogP contribution is 2.35. The average molecular weight is 480 g/mol. The standard InChI is InChI=1S/C24H25N5O2S2/c1-15(2)16-7-9-17(10-8-16)25-19(30)14-29-22-21(27-24(33-22)28-11-3-4-12-28)20(26-23(29)31)18-6-5-13-32-18/h5-10,13,15H,3-4,11-12,14H2,1-2H3,(H,25,30). The average Bonchev–Trinajstić information content (AvgIpc) is 3.57. The highest BCUT2D eigenvalue weighted by Gasteiger charge is 2.23. The van der Waals surface area contributed by atoms with Crippen molar-refractivity contribution in [3.05, 3.63) is 57.8 Å². The van der Waals surface area contributed by atoms with Crippen LogP contribution < -0.4 is 15.9 Å². The molecule has 0 aliphatic carbocycles. The van der Waals surface area contributed by atoms with Gasteiger partial charge in [0.25, 0.3) is 0 Å². The third-order valence-electron chi connectivity index (χ3n) is 5.80. The summed E-state index contributed by atoms with van der Waals surface area (Å²) in [6.07, 6.45) is 2.27. The van der Waals surface area contributed by atoms with E-state index < -0.39 is 5.69 Å². The molecule has 1 amide bonds. The highest BCUT2D eigenvalue weighted by molar-refractivity contribution is 7.22. The molecule has 4 heterocycles. The van der Waals surface area contributed by atoms with Crippen LogP contribution in [0.15, 0.2) is 46.6 Å². The Kier molecular flexibility index (Phi) is 5.99. The molecule has 1 saturated heterocycles. The molecule has 0 spiro atoms. The number of rotatable bonds is 6. The van der Waals surface area contributed by atoms with E-state index in [4.69, 9.17) is 4.98 Å². The van der Waals surface area contributed by atoms with Crippen molar-refractivity contribution in [3.63, 3.8) is 0 Å². The zero-order chi connectivity index (χ0) is 22.9. The van der Waals surface area contributed by atoms with E-state index in [2.05, 4.69) is 29.0 Å². The summed E-state index contributed by atoms with van der Waals surface area (Å²) in [7, 11) is 0. The van der Waals surface area contributed by atoms with Crippen LogP contribution in [-0.4, -0.2) is 33.5 Å². The minimum Gasteiger partial charge on any atom is -0.348 e. The van der Waals surface area contributed by atoms with Gasteiger partial charge in [-0.2, -0.15) is 4.98 Å². The van der Waals surface area contributed by atoms with E-state index in [0.717, 1.165) is 35.9 Å². The maximum Gasteiger partial charge on any atom is 0.349 e. The Morgan fingerprint density at radius 3 is 2.55 bits per heavy atom. The van der Waals surface area contributed by atoms with Gasteiger partial charge in [-0.1, -0.05) is 43.4 Å². The lowest BCUT2D eigenvalue weighted by atomic mass is 10.0. The molecule has 0 saturated carbocycles. The van der Waals surface area contributed by atoms with Crippen LogP contribution >= 0.6 is 22.7 Å². The highest BCUT2D eigenvalue weighted by atomic mass is 32.1. The van der Waals surface area contributed by atoms with Crippen LogP contribution in [0.4, 0.5) is 10.8 Å². The molecule has 1 aliphatic rings. The Morgan fingerprint density at radius 2 is 1.88 bits per heavy atom. The first-order valence-electron chi connectivity index (χ1n) is 11.1. The Bertz CT molecular complexity index is 1330. The van der Waals surface area contributed by atoms with Gasteiger partial charge in [-0.25, -0.2) is 9.78 Å². The molecular weight excluding hydrogens is 454 g/mol. The van der Waals surface area contributed by atoms with Crippen LogP contribution in [-0.2, 0) is 11.3 Å². The van der Waals surface area contributed by atoms with Crippen LogP contribution in [0.25, 0.3) is 20.9 Å². The maximum absolute atomic E-state index is 13.0. The van der Waals surface area contributed by atoms with Gasteiger partial charge in [-0.15, -0.1) is 11.3 Å². The molecule has 7 nitrogen and oxygen atoms in total. The zero-order valence-electron chi connectivity index (χ0n) is 18.6. The van der Waals surface area contributed by atoms with Gasteiger partial charge in [-0.05, 0) is 47.9 Å². The van der Waals surface area contributed by atoms with Crippen molar-refractivity contribution >= 4 is 49.7 Å². The molecule has 0 radical (unpaired) electrons. The van der Waals surface area contributed by atoms with Crippen molar-refractivity contribution in [2.75, 3.05) is 23.3 Å². The van der Waals surface area contributed by atoms with Crippen molar-refractivity contribution < 1.29 is 4.79 Å². The first-order chi connectivity index (χ1) is 16.0. The first-order valence-corrected chi connectivity index (χ1v) is 12.8. The van der Waals surface area contributed by atoms with E-state index in [1.54, 1.807) is 0 Å². The number of carbonyl (C=O) groups is 1. The number of anilines is 2. The van der Waals surface area contributed by atoms with Gasteiger partial charge >= 0.3 is 5.69 Å². The van der Waals surface area contributed by atoms with Crippen LogP contribution in [0.2, 0.25) is 0 Å². The second kappa shape index (κ2) is 9.07. The van der Waals surface area contributed by atoms with Gasteiger partial charge in [0, 0.05) is 18.8 Å². The summed E-state index contributed by atoms with van der Waals surface area (Å²) < 4.78 is 1.45. The lowest BCUT2D eigenvalue weighted by Gasteiger charge is -2.11. The topological polar surface area (TPSA) is 80.1 Å². The fourth-order valence-electron chi connectivity index (χ4n) is 4.00. The normalized spacial score (nSPS) is 13.8. The van der Waals surface area contributed by atoms with E-state index >= 15 is 0 Å². The number of fused-ring (bicyclic) bond motifs is 1. The number of carbonyl (C=O) groups excluding carboxylic acids is 1. The molecule has 1 fully saturated rings. The monoisotopic (exact) mass is 479 g/mol. The zero-order valence-corrected chi connectivity index (χ0v) is 20.2. The quantitative estimate of drug-likeness (QED) is 0.424. The molecule has 4 aromatic rings. The number of aromatic nitrogens is 3. The predicted molar refractivity (Wildman–Crippen MR) is 136 cm³/mol.